The second-order valence-electron chi connectivity index (χ2n) is 7.81. The highest BCUT2D eigenvalue weighted by molar-refractivity contribution is 5.97. The van der Waals surface area contributed by atoms with Crippen LogP contribution < -0.4 is 15.8 Å². The number of nitrogens with one attached hydrogen (secondary N) is 1. The van der Waals surface area contributed by atoms with E-state index in [-0.39, 0.29) is 23.6 Å². The van der Waals surface area contributed by atoms with Crippen LogP contribution in [0.5, 0.6) is 5.75 Å². The van der Waals surface area contributed by atoms with Gasteiger partial charge in [-0.1, -0.05) is 6.07 Å². The van der Waals surface area contributed by atoms with Gasteiger partial charge in [0.1, 0.15) is 17.9 Å². The molecule has 1 aliphatic heterocycles. The molecule has 1 aromatic carbocycles. The second-order valence-corrected chi connectivity index (χ2v) is 7.81. The zero-order valence-electron chi connectivity index (χ0n) is 18.8. The molecule has 1 saturated heterocycles. The molecule has 35 heavy (non-hydrogen) atoms. The standard InChI is InChI=1S/C22H22F5N3O5/c1-4-34-18-14(11-5-6-12(23)15(24)16(11)33-3)17(35-21(18,2)22(25,26)27)20(32)30-10-7-8-29-13(9-10)19(28)31/h5-9,14,17-18H,4H2,1-3H3,(H2,28,31)(H,29,30,32)/t14-,17+,18-,21+/m0/s1. The average molecular weight is 503 g/mol. The number of ether oxygens (including phenoxy) is 3. The van der Waals surface area contributed by atoms with Crippen molar-refractivity contribution in [3.63, 3.8) is 0 Å². The SMILES string of the molecule is CCO[C@H]1[C@@H](c2ccc(F)c(F)c2OC)[C@H](C(=O)Nc2ccnc(C(N)=O)c2)O[C@@]1(C)C(F)(F)F. The number of amides is 2. The second kappa shape index (κ2) is 9.74. The maximum atomic E-state index is 14.5. The number of hydrogen-bond donors (Lipinski definition) is 2. The molecule has 2 aromatic rings. The summed E-state index contributed by atoms with van der Waals surface area (Å²) in [6.07, 6.45) is -7.58. The molecule has 8 nitrogen and oxygen atoms in total. The Balaban J connectivity index is 2.14. The molecular formula is C22H22F5N3O5. The number of hydrogen-bond acceptors (Lipinski definition) is 6. The Labute approximate surface area is 196 Å². The molecule has 0 unspecified atom stereocenters. The molecular weight excluding hydrogens is 481 g/mol. The Bertz CT molecular complexity index is 1130. The summed E-state index contributed by atoms with van der Waals surface area (Å²) in [6.45, 7) is 1.94. The number of nitrogens with zero attached hydrogens (tertiary/aromatic N) is 1. The fraction of sp³-hybridized carbons (Fsp3) is 0.409. The van der Waals surface area contributed by atoms with E-state index in [0.29, 0.717) is 13.0 Å². The number of rotatable bonds is 7. The molecule has 3 N–H and O–H groups in total. The van der Waals surface area contributed by atoms with E-state index in [1.54, 1.807) is 0 Å². The first-order chi connectivity index (χ1) is 16.4. The highest BCUT2D eigenvalue weighted by Crippen LogP contribution is 2.52. The van der Waals surface area contributed by atoms with Crippen molar-refractivity contribution >= 4 is 17.5 Å². The summed E-state index contributed by atoms with van der Waals surface area (Å²) in [5.74, 6) is -6.96. The van der Waals surface area contributed by atoms with Gasteiger partial charge in [0.05, 0.1) is 13.0 Å². The predicted octanol–water partition coefficient (Wildman–Crippen LogP) is 3.31. The van der Waals surface area contributed by atoms with Crippen molar-refractivity contribution in [2.45, 2.75) is 43.8 Å². The van der Waals surface area contributed by atoms with E-state index in [1.807, 2.05) is 0 Å². The minimum Gasteiger partial charge on any atom is -0.493 e. The van der Waals surface area contributed by atoms with Crippen LogP contribution in [0.15, 0.2) is 30.5 Å². The average Bonchev–Trinajstić information content (AvgIpc) is 3.09. The summed E-state index contributed by atoms with van der Waals surface area (Å²) < 4.78 is 86.5. The van der Waals surface area contributed by atoms with Crippen LogP contribution in [0.1, 0.15) is 35.8 Å². The van der Waals surface area contributed by atoms with Gasteiger partial charge in [-0.25, -0.2) is 4.39 Å². The number of aromatic nitrogens is 1. The number of benzene rings is 1. The number of primary amides is 1. The van der Waals surface area contributed by atoms with E-state index in [2.05, 4.69) is 10.3 Å². The van der Waals surface area contributed by atoms with Gasteiger partial charge in [0, 0.05) is 24.1 Å². The van der Waals surface area contributed by atoms with Crippen molar-refractivity contribution in [3.8, 4) is 5.75 Å². The number of anilines is 1. The molecule has 2 heterocycles. The molecule has 1 fully saturated rings. The maximum Gasteiger partial charge on any atom is 0.419 e. The summed E-state index contributed by atoms with van der Waals surface area (Å²) in [4.78, 5) is 28.3. The molecule has 190 valence electrons. The first-order valence-corrected chi connectivity index (χ1v) is 10.3. The minimum atomic E-state index is -5.01. The monoisotopic (exact) mass is 503 g/mol. The number of halogens is 5. The summed E-state index contributed by atoms with van der Waals surface area (Å²) in [6, 6.07) is 4.11. The lowest BCUT2D eigenvalue weighted by molar-refractivity contribution is -0.285. The van der Waals surface area contributed by atoms with E-state index < -0.39 is 59.1 Å². The fourth-order valence-electron chi connectivity index (χ4n) is 3.99. The summed E-state index contributed by atoms with van der Waals surface area (Å²) in [5.41, 5.74) is 1.70. The quantitative estimate of drug-likeness (QED) is 0.561. The van der Waals surface area contributed by atoms with Gasteiger partial charge in [0.25, 0.3) is 11.8 Å². The third-order valence-electron chi connectivity index (χ3n) is 5.66. The van der Waals surface area contributed by atoms with Gasteiger partial charge in [-0.05, 0) is 32.0 Å². The first kappa shape index (κ1) is 26.3. The molecule has 4 atom stereocenters. The van der Waals surface area contributed by atoms with Gasteiger partial charge >= 0.3 is 6.18 Å². The largest absolute Gasteiger partial charge is 0.493 e. The van der Waals surface area contributed by atoms with Crippen LogP contribution in [0.3, 0.4) is 0 Å². The van der Waals surface area contributed by atoms with Crippen LogP contribution in [0.25, 0.3) is 0 Å². The lowest BCUT2D eigenvalue weighted by Crippen LogP contribution is -2.52. The summed E-state index contributed by atoms with van der Waals surface area (Å²) >= 11 is 0. The normalized spacial score (nSPS) is 24.3. The number of methoxy groups -OCH3 is 1. The molecule has 2 amide bonds. The van der Waals surface area contributed by atoms with E-state index in [4.69, 9.17) is 19.9 Å². The molecule has 0 bridgehead atoms. The molecule has 0 saturated carbocycles. The molecule has 0 spiro atoms. The maximum absolute atomic E-state index is 14.5. The van der Waals surface area contributed by atoms with Crippen LogP contribution in [0.2, 0.25) is 0 Å². The van der Waals surface area contributed by atoms with Gasteiger partial charge < -0.3 is 25.3 Å². The van der Waals surface area contributed by atoms with Crippen LogP contribution in [0, 0.1) is 11.6 Å². The van der Waals surface area contributed by atoms with Crippen molar-refractivity contribution in [1.82, 2.24) is 4.98 Å². The van der Waals surface area contributed by atoms with E-state index in [9.17, 15) is 31.5 Å². The third kappa shape index (κ3) is 4.78. The van der Waals surface area contributed by atoms with E-state index in [0.717, 1.165) is 25.4 Å². The molecule has 0 aliphatic carbocycles. The summed E-state index contributed by atoms with van der Waals surface area (Å²) in [7, 11) is 1.01. The van der Waals surface area contributed by atoms with Crippen molar-refractivity contribution in [2.75, 3.05) is 19.0 Å². The van der Waals surface area contributed by atoms with Gasteiger partial charge in [0.2, 0.25) is 5.82 Å². The van der Waals surface area contributed by atoms with Crippen LogP contribution in [-0.2, 0) is 14.3 Å². The van der Waals surface area contributed by atoms with Crippen molar-refractivity contribution < 1.29 is 45.8 Å². The zero-order chi connectivity index (χ0) is 26.1. The Morgan fingerprint density at radius 2 is 1.94 bits per heavy atom. The van der Waals surface area contributed by atoms with Gasteiger partial charge in [-0.15, -0.1) is 0 Å². The third-order valence-corrected chi connectivity index (χ3v) is 5.66. The first-order valence-electron chi connectivity index (χ1n) is 10.3. The van der Waals surface area contributed by atoms with Crippen LogP contribution in [-0.4, -0.2) is 54.5 Å². The van der Waals surface area contributed by atoms with Gasteiger partial charge in [-0.2, -0.15) is 17.6 Å². The topological polar surface area (TPSA) is 113 Å². The number of alkyl halides is 3. The molecule has 13 heteroatoms. The Morgan fingerprint density at radius 1 is 1.26 bits per heavy atom. The Hall–Kier alpha value is -3.32. The lowest BCUT2D eigenvalue weighted by Gasteiger charge is -2.33. The smallest absolute Gasteiger partial charge is 0.419 e. The highest BCUT2D eigenvalue weighted by atomic mass is 19.4. The number of nitrogens with two attached hydrogens (primary N) is 1. The fourth-order valence-corrected chi connectivity index (χ4v) is 3.99. The van der Waals surface area contributed by atoms with Crippen LogP contribution >= 0.6 is 0 Å². The number of pyridine rings is 1. The summed E-state index contributed by atoms with van der Waals surface area (Å²) in [5, 5.41) is 2.35. The lowest BCUT2D eigenvalue weighted by atomic mass is 9.82. The van der Waals surface area contributed by atoms with E-state index in [1.165, 1.54) is 13.0 Å². The molecule has 3 rings (SSSR count). The Kier molecular flexibility index (Phi) is 7.31. The molecule has 0 radical (unpaired) electrons. The van der Waals surface area contributed by atoms with Gasteiger partial charge in [0.15, 0.2) is 17.2 Å². The van der Waals surface area contributed by atoms with Crippen molar-refractivity contribution in [1.29, 1.82) is 0 Å². The predicted molar refractivity (Wildman–Crippen MR) is 112 cm³/mol. The van der Waals surface area contributed by atoms with Gasteiger partial charge in [-0.3, -0.25) is 14.6 Å². The number of carbonyl (C=O) groups is 2. The number of carbonyl (C=O) groups excluding carboxylic acids is 2. The van der Waals surface area contributed by atoms with Crippen molar-refractivity contribution in [2.24, 2.45) is 5.73 Å². The van der Waals surface area contributed by atoms with Crippen molar-refractivity contribution in [3.05, 3.63) is 53.4 Å². The molecule has 1 aromatic heterocycles. The zero-order valence-corrected chi connectivity index (χ0v) is 18.8. The van der Waals surface area contributed by atoms with Crippen LogP contribution in [0.4, 0.5) is 27.6 Å². The Morgan fingerprint density at radius 3 is 2.51 bits per heavy atom. The highest BCUT2D eigenvalue weighted by Gasteiger charge is 2.68. The minimum absolute atomic E-state index is 0.00743. The molecule has 1 aliphatic rings. The van der Waals surface area contributed by atoms with E-state index >= 15 is 0 Å².